The lowest BCUT2D eigenvalue weighted by Crippen LogP contribution is -2.55. The predicted molar refractivity (Wildman–Crippen MR) is 33.6 cm³/mol. The van der Waals surface area contributed by atoms with Gasteiger partial charge in [0.2, 0.25) is 5.91 Å². The summed E-state index contributed by atoms with van der Waals surface area (Å²) in [5, 5.41) is 2.59. The number of rotatable bonds is 0. The number of β-lactam (4-membered cyclic amide) rings is 1. The molecule has 1 N–H and O–H groups in total. The highest BCUT2D eigenvalue weighted by molar-refractivity contribution is 9.12. The molecule has 1 rings (SSSR count). The van der Waals surface area contributed by atoms with Crippen molar-refractivity contribution in [2.75, 3.05) is 0 Å². The Morgan fingerprint density at radius 2 is 2.14 bits per heavy atom. The average Bonchev–Trinajstić information content (AvgIpc) is 1.68. The molecular formula is C3H3Br2NO. The summed E-state index contributed by atoms with van der Waals surface area (Å²) >= 11 is 6.32. The minimum atomic E-state index is -0.0208. The number of carbonyl (C=O) groups excluding carboxylic acids is 1. The van der Waals surface area contributed by atoms with Crippen LogP contribution in [0.15, 0.2) is 0 Å². The quantitative estimate of drug-likeness (QED) is 0.367. The Bertz CT molecular complexity index is 105. The van der Waals surface area contributed by atoms with E-state index in [1.165, 1.54) is 0 Å². The molecule has 4 heteroatoms. The first-order valence-corrected chi connectivity index (χ1v) is 3.63. The Morgan fingerprint density at radius 3 is 2.14 bits per heavy atom. The van der Waals surface area contributed by atoms with Crippen molar-refractivity contribution in [3.05, 3.63) is 0 Å². The van der Waals surface area contributed by atoms with E-state index in [-0.39, 0.29) is 15.7 Å². The van der Waals surface area contributed by atoms with Gasteiger partial charge in [0.15, 0.2) is 0 Å². The van der Waals surface area contributed by atoms with Crippen LogP contribution in [0.4, 0.5) is 0 Å². The van der Waals surface area contributed by atoms with Gasteiger partial charge in [-0.2, -0.15) is 0 Å². The summed E-state index contributed by atoms with van der Waals surface area (Å²) in [6.07, 6.45) is 0. The average molecular weight is 229 g/mol. The highest BCUT2D eigenvalue weighted by atomic mass is 79.9. The van der Waals surface area contributed by atoms with E-state index in [4.69, 9.17) is 0 Å². The van der Waals surface area contributed by atoms with Crippen LogP contribution in [0.25, 0.3) is 0 Å². The zero-order valence-corrected chi connectivity index (χ0v) is 6.49. The largest absolute Gasteiger partial charge is 0.341 e. The second-order valence-electron chi connectivity index (χ2n) is 1.31. The Hall–Kier alpha value is 0.430. The maximum atomic E-state index is 10.3. The van der Waals surface area contributed by atoms with Crippen molar-refractivity contribution in [1.82, 2.24) is 5.32 Å². The molecule has 0 spiro atoms. The molecule has 2 atom stereocenters. The molecule has 0 aromatic heterocycles. The topological polar surface area (TPSA) is 29.1 Å². The van der Waals surface area contributed by atoms with Crippen LogP contribution in [0, 0.1) is 0 Å². The first-order chi connectivity index (χ1) is 3.22. The second-order valence-corrected chi connectivity index (χ2v) is 3.29. The maximum absolute atomic E-state index is 10.3. The van der Waals surface area contributed by atoms with Crippen LogP contribution in [0.2, 0.25) is 0 Å². The standard InChI is InChI=1S/C3H3Br2NO/c4-1-2(5)6-3(1)7/h1-2H,(H,6,7). The van der Waals surface area contributed by atoms with Gasteiger partial charge < -0.3 is 5.32 Å². The predicted octanol–water partition coefficient (Wildman–Crippen LogP) is 0.601. The van der Waals surface area contributed by atoms with E-state index in [1.807, 2.05) is 0 Å². The molecule has 1 aliphatic heterocycles. The zero-order valence-electron chi connectivity index (χ0n) is 3.32. The summed E-state index contributed by atoms with van der Waals surface area (Å²) in [6, 6.07) is 0. The smallest absolute Gasteiger partial charge is 0.237 e. The van der Waals surface area contributed by atoms with E-state index in [0.29, 0.717) is 0 Å². The number of alkyl halides is 2. The molecule has 0 aromatic carbocycles. The summed E-state index contributed by atoms with van der Waals surface area (Å²) < 4.78 is 0. The molecule has 1 aliphatic rings. The van der Waals surface area contributed by atoms with Gasteiger partial charge in [-0.3, -0.25) is 4.79 Å². The van der Waals surface area contributed by atoms with Gasteiger partial charge in [-0.15, -0.1) is 0 Å². The fraction of sp³-hybridized carbons (Fsp3) is 0.667. The van der Waals surface area contributed by atoms with Gasteiger partial charge in [0, 0.05) is 0 Å². The molecule has 7 heavy (non-hydrogen) atoms. The fourth-order valence-electron chi connectivity index (χ4n) is 0.325. The Kier molecular flexibility index (Phi) is 1.39. The molecule has 2 nitrogen and oxygen atoms in total. The molecule has 2 unspecified atom stereocenters. The summed E-state index contributed by atoms with van der Waals surface area (Å²) in [7, 11) is 0. The van der Waals surface area contributed by atoms with Crippen molar-refractivity contribution in [3.63, 3.8) is 0 Å². The Morgan fingerprint density at radius 1 is 1.57 bits per heavy atom. The lowest BCUT2D eigenvalue weighted by Gasteiger charge is -2.27. The Balaban J connectivity index is 2.43. The molecule has 1 amide bonds. The number of amides is 1. The van der Waals surface area contributed by atoms with Crippen LogP contribution in [0.1, 0.15) is 0 Å². The lowest BCUT2D eigenvalue weighted by atomic mass is 10.3. The number of hydrogen-bond acceptors (Lipinski definition) is 1. The molecule has 0 aliphatic carbocycles. The van der Waals surface area contributed by atoms with Crippen molar-refractivity contribution < 1.29 is 4.79 Å². The van der Waals surface area contributed by atoms with E-state index in [0.717, 1.165) is 0 Å². The molecule has 1 saturated heterocycles. The highest BCUT2D eigenvalue weighted by Gasteiger charge is 2.34. The van der Waals surface area contributed by atoms with Crippen LogP contribution in [0.3, 0.4) is 0 Å². The van der Waals surface area contributed by atoms with Crippen molar-refractivity contribution in [3.8, 4) is 0 Å². The normalized spacial score (nSPS) is 39.4. The monoisotopic (exact) mass is 227 g/mol. The molecule has 0 aromatic rings. The van der Waals surface area contributed by atoms with Gasteiger partial charge in [0.1, 0.15) is 9.78 Å². The highest BCUT2D eigenvalue weighted by Crippen LogP contribution is 2.19. The Labute approximate surface area is 57.9 Å². The zero-order chi connectivity index (χ0) is 5.44. The van der Waals surface area contributed by atoms with E-state index >= 15 is 0 Å². The third kappa shape index (κ3) is 0.817. The van der Waals surface area contributed by atoms with Gasteiger partial charge in [-0.1, -0.05) is 31.9 Å². The van der Waals surface area contributed by atoms with Crippen LogP contribution in [-0.4, -0.2) is 15.7 Å². The SMILES string of the molecule is O=C1NC(Br)C1Br. The lowest BCUT2D eigenvalue weighted by molar-refractivity contribution is -0.125. The van der Waals surface area contributed by atoms with Gasteiger partial charge in [0.05, 0.1) is 0 Å². The van der Waals surface area contributed by atoms with Crippen LogP contribution in [0.5, 0.6) is 0 Å². The first-order valence-electron chi connectivity index (χ1n) is 1.80. The van der Waals surface area contributed by atoms with Gasteiger partial charge >= 0.3 is 0 Å². The number of hydrogen-bond donors (Lipinski definition) is 1. The summed E-state index contributed by atoms with van der Waals surface area (Å²) in [4.78, 5) is 10.4. The van der Waals surface area contributed by atoms with Crippen LogP contribution < -0.4 is 5.32 Å². The summed E-state index contributed by atoms with van der Waals surface area (Å²) in [5.41, 5.74) is 0. The van der Waals surface area contributed by atoms with E-state index < -0.39 is 0 Å². The number of halogens is 2. The van der Waals surface area contributed by atoms with Crippen molar-refractivity contribution >= 4 is 37.8 Å². The molecule has 1 fully saturated rings. The first kappa shape index (κ1) is 5.56. The summed E-state index contributed by atoms with van der Waals surface area (Å²) in [5.74, 6) is 0.0573. The molecule has 0 saturated carbocycles. The van der Waals surface area contributed by atoms with E-state index in [2.05, 4.69) is 37.2 Å². The molecule has 1 heterocycles. The second kappa shape index (κ2) is 1.74. The van der Waals surface area contributed by atoms with Crippen LogP contribution in [-0.2, 0) is 4.79 Å². The van der Waals surface area contributed by atoms with E-state index in [1.54, 1.807) is 0 Å². The van der Waals surface area contributed by atoms with Gasteiger partial charge in [-0.25, -0.2) is 0 Å². The third-order valence-corrected chi connectivity index (χ3v) is 3.20. The number of nitrogens with one attached hydrogen (secondary N) is 1. The van der Waals surface area contributed by atoms with Gasteiger partial charge in [-0.05, 0) is 0 Å². The molecule has 0 bridgehead atoms. The van der Waals surface area contributed by atoms with E-state index in [9.17, 15) is 4.79 Å². The molecular weight excluding hydrogens is 226 g/mol. The van der Waals surface area contributed by atoms with Crippen molar-refractivity contribution in [2.24, 2.45) is 0 Å². The van der Waals surface area contributed by atoms with Crippen LogP contribution >= 0.6 is 31.9 Å². The number of carbonyl (C=O) groups is 1. The van der Waals surface area contributed by atoms with Crippen molar-refractivity contribution in [1.29, 1.82) is 0 Å². The minimum Gasteiger partial charge on any atom is -0.341 e. The maximum Gasteiger partial charge on any atom is 0.237 e. The van der Waals surface area contributed by atoms with Crippen molar-refractivity contribution in [2.45, 2.75) is 9.78 Å². The fourth-order valence-corrected chi connectivity index (χ4v) is 1.06. The summed E-state index contributed by atoms with van der Waals surface area (Å²) in [6.45, 7) is 0. The third-order valence-electron chi connectivity index (χ3n) is 0.788. The minimum absolute atomic E-state index is 0.0208. The van der Waals surface area contributed by atoms with Gasteiger partial charge in [0.25, 0.3) is 0 Å². The molecule has 0 radical (unpaired) electrons. The molecule has 40 valence electrons.